The van der Waals surface area contributed by atoms with Gasteiger partial charge in [-0.3, -0.25) is 4.79 Å². The van der Waals surface area contributed by atoms with Gasteiger partial charge in [0.05, 0.1) is 31.3 Å². The molecule has 18 heteroatoms. The Morgan fingerprint density at radius 2 is 1.14 bits per heavy atom. The molecular formula is C48H78O18. The van der Waals surface area contributed by atoms with Crippen LogP contribution in [0, 0.1) is 50.2 Å². The molecule has 0 radical (unpaired) electrons. The van der Waals surface area contributed by atoms with E-state index >= 15 is 0 Å². The van der Waals surface area contributed by atoms with E-state index < -0.39 is 135 Å². The fraction of sp³-hybridized carbons (Fsp3) is 0.938. The molecule has 0 unspecified atom stereocenters. The second-order valence-electron chi connectivity index (χ2n) is 23.5. The summed E-state index contributed by atoms with van der Waals surface area (Å²) >= 11 is 0. The van der Waals surface area contributed by atoms with Crippen LogP contribution in [0.2, 0.25) is 0 Å². The molecule has 8 rings (SSSR count). The van der Waals surface area contributed by atoms with Gasteiger partial charge in [-0.05, 0) is 109 Å². The quantitative estimate of drug-likeness (QED) is 0.106. The van der Waals surface area contributed by atoms with Crippen molar-refractivity contribution in [3.8, 4) is 0 Å². The van der Waals surface area contributed by atoms with Gasteiger partial charge in [0.25, 0.3) is 0 Å². The number of aliphatic hydroxyl groups is 10. The lowest BCUT2D eigenvalue weighted by Gasteiger charge is -2.71. The number of ether oxygens (including phenoxy) is 6. The molecule has 18 nitrogen and oxygen atoms in total. The lowest BCUT2D eigenvalue weighted by molar-refractivity contribution is -0.393. The van der Waals surface area contributed by atoms with Crippen molar-refractivity contribution in [2.24, 2.45) is 50.2 Å². The van der Waals surface area contributed by atoms with Gasteiger partial charge < -0.3 is 84.6 Å². The highest BCUT2D eigenvalue weighted by Gasteiger charge is 2.70. The monoisotopic (exact) mass is 943 g/mol. The Morgan fingerprint density at radius 1 is 0.606 bits per heavy atom. The second-order valence-corrected chi connectivity index (χ2v) is 23.5. The van der Waals surface area contributed by atoms with E-state index in [4.69, 9.17) is 28.4 Å². The summed E-state index contributed by atoms with van der Waals surface area (Å²) in [5.41, 5.74) is -0.183. The summed E-state index contributed by atoms with van der Waals surface area (Å²) in [4.78, 5) is 13.2. The molecule has 0 spiro atoms. The van der Waals surface area contributed by atoms with Gasteiger partial charge in [0, 0.05) is 0 Å². The van der Waals surface area contributed by atoms with Gasteiger partial charge in [-0.1, -0.05) is 60.1 Å². The average Bonchev–Trinajstić information content (AvgIpc) is 3.26. The largest absolute Gasteiger partial charge is 0.481 e. The van der Waals surface area contributed by atoms with E-state index in [2.05, 4.69) is 54.5 Å². The Hall–Kier alpha value is -1.43. The van der Waals surface area contributed by atoms with Crippen molar-refractivity contribution < 1.29 is 89.4 Å². The molecule has 3 heterocycles. The number of aliphatic carboxylic acids is 1. The maximum absolute atomic E-state index is 13.2. The summed E-state index contributed by atoms with van der Waals surface area (Å²) in [5.74, 6) is -0.191. The number of carbonyl (C=O) groups is 1. The Kier molecular flexibility index (Phi) is 13.9. The number of hydrogen-bond donors (Lipinski definition) is 11. The van der Waals surface area contributed by atoms with Crippen molar-refractivity contribution in [2.45, 2.75) is 211 Å². The van der Waals surface area contributed by atoms with Crippen molar-refractivity contribution in [1.29, 1.82) is 0 Å². The van der Waals surface area contributed by atoms with E-state index in [1.807, 2.05) is 0 Å². The fourth-order valence-electron chi connectivity index (χ4n) is 15.2. The van der Waals surface area contributed by atoms with Crippen LogP contribution in [0.4, 0.5) is 0 Å². The third-order valence-electron chi connectivity index (χ3n) is 19.4. The summed E-state index contributed by atoms with van der Waals surface area (Å²) in [5, 5.41) is 118. The van der Waals surface area contributed by atoms with Gasteiger partial charge in [-0.25, -0.2) is 0 Å². The summed E-state index contributed by atoms with van der Waals surface area (Å²) < 4.78 is 36.6. The number of fused-ring (bicyclic) bond motifs is 7. The first-order chi connectivity index (χ1) is 30.9. The average molecular weight is 943 g/mol. The van der Waals surface area contributed by atoms with Crippen LogP contribution in [0.3, 0.4) is 0 Å². The first-order valence-electron chi connectivity index (χ1n) is 24.3. The smallest absolute Gasteiger partial charge is 0.310 e. The highest BCUT2D eigenvalue weighted by atomic mass is 16.8. The molecule has 0 bridgehead atoms. The van der Waals surface area contributed by atoms with Gasteiger partial charge in [0.15, 0.2) is 18.9 Å². The van der Waals surface area contributed by atoms with E-state index in [-0.39, 0.29) is 33.5 Å². The van der Waals surface area contributed by atoms with Gasteiger partial charge in [0.2, 0.25) is 0 Å². The molecule has 0 amide bonds. The van der Waals surface area contributed by atoms with Crippen molar-refractivity contribution in [3.63, 3.8) is 0 Å². The molecule has 3 aliphatic heterocycles. The van der Waals surface area contributed by atoms with Crippen LogP contribution in [0.5, 0.6) is 0 Å². The molecule has 0 aromatic heterocycles. The molecule has 378 valence electrons. The van der Waals surface area contributed by atoms with E-state index in [0.29, 0.717) is 25.2 Å². The van der Waals surface area contributed by atoms with Crippen molar-refractivity contribution >= 4 is 5.97 Å². The van der Waals surface area contributed by atoms with E-state index in [0.717, 1.165) is 44.9 Å². The molecule has 0 aromatic rings. The molecule has 8 aliphatic rings. The van der Waals surface area contributed by atoms with E-state index in [1.165, 1.54) is 5.57 Å². The molecule has 7 fully saturated rings. The molecule has 3 saturated heterocycles. The Bertz CT molecular complexity index is 1790. The topological polar surface area (TPSA) is 295 Å². The van der Waals surface area contributed by atoms with Crippen molar-refractivity contribution in [2.75, 3.05) is 19.8 Å². The summed E-state index contributed by atoms with van der Waals surface area (Å²) in [7, 11) is 0. The fourth-order valence-corrected chi connectivity index (χ4v) is 15.2. The zero-order chi connectivity index (χ0) is 48.3. The van der Waals surface area contributed by atoms with Crippen LogP contribution >= 0.6 is 0 Å². The van der Waals surface area contributed by atoms with Gasteiger partial charge in [0.1, 0.15) is 73.2 Å². The van der Waals surface area contributed by atoms with E-state index in [1.54, 1.807) is 0 Å². The van der Waals surface area contributed by atoms with Crippen molar-refractivity contribution in [3.05, 3.63) is 11.6 Å². The zero-order valence-corrected chi connectivity index (χ0v) is 39.5. The SMILES string of the molecule is CC1(C)CC[C@]2(C(=O)O)CC[C@]3(C)C(=CC[C@@H]4[C@@]5(C)CC[C@H](O[C@H]6O[C@H](CO)[C@@H](O[C@@H]7O[C@@H](CO)[C@@H](O)[C@H](O)[C@H]7O)[C@H](O[C@@H]7O[C@H](CO)[C@@H](O)[C@H](O)[C@H]7O)[C@@H]6O)C(C)(C)[C@@H]5CC[C@]43C)[C@@H]2C1. The highest BCUT2D eigenvalue weighted by Crippen LogP contribution is 2.76. The number of hydrogen-bond acceptors (Lipinski definition) is 17. The molecule has 0 aromatic carbocycles. The first-order valence-corrected chi connectivity index (χ1v) is 24.3. The predicted molar refractivity (Wildman–Crippen MR) is 231 cm³/mol. The van der Waals surface area contributed by atoms with Crippen LogP contribution in [0.1, 0.15) is 113 Å². The van der Waals surface area contributed by atoms with Crippen LogP contribution < -0.4 is 0 Å². The minimum Gasteiger partial charge on any atom is -0.481 e. The number of rotatable bonds is 10. The second kappa shape index (κ2) is 18.0. The van der Waals surface area contributed by atoms with Crippen LogP contribution in [0.25, 0.3) is 0 Å². The number of aliphatic hydroxyl groups excluding tert-OH is 10. The lowest BCUT2D eigenvalue weighted by Crippen LogP contribution is -2.68. The van der Waals surface area contributed by atoms with Crippen LogP contribution in [0.15, 0.2) is 11.6 Å². The normalized spacial score (nSPS) is 53.3. The molecular weight excluding hydrogens is 865 g/mol. The Morgan fingerprint density at radius 3 is 1.70 bits per heavy atom. The standard InChI is InChI=1S/C48H78O18/c1-43(2)14-16-48(42(59)60)17-15-46(6)22(23(48)18-43)8-9-28-45(5)12-11-29(44(3,4)27(45)10-13-47(28,46)7)64-41-36(58)38(66-40-35(57)33(55)31(53)25(20-50)62-40)37(26(21-51)63-41)65-39-34(56)32(54)30(52)24(19-49)61-39/h8,23-41,49-58H,9-21H2,1-7H3,(H,59,60)/t23-,24-,25+,26+,27-,28+,29-,30+,31+,32-,33-,34+,35+,36-,37+,38+,39-,40-,41+,45-,46+,47+,48-/m0/s1. The third kappa shape index (κ3) is 7.87. The maximum Gasteiger partial charge on any atom is 0.310 e. The summed E-state index contributed by atoms with van der Waals surface area (Å²) in [6.07, 6.45) is -15.1. The molecule has 11 N–H and O–H groups in total. The van der Waals surface area contributed by atoms with Crippen molar-refractivity contribution in [1.82, 2.24) is 0 Å². The third-order valence-corrected chi connectivity index (χ3v) is 19.4. The lowest BCUT2D eigenvalue weighted by atomic mass is 9.33. The van der Waals surface area contributed by atoms with Crippen LogP contribution in [-0.2, 0) is 33.2 Å². The first kappa shape index (κ1) is 50.9. The molecule has 4 saturated carbocycles. The Labute approximate surface area is 387 Å². The minimum atomic E-state index is -1.90. The number of carboxylic acids is 1. The number of allylic oxidation sites excluding steroid dienone is 2. The number of carboxylic acid groups (broad SMARTS) is 1. The van der Waals surface area contributed by atoms with Gasteiger partial charge >= 0.3 is 5.97 Å². The van der Waals surface area contributed by atoms with Gasteiger partial charge in [-0.2, -0.15) is 0 Å². The maximum atomic E-state index is 13.2. The summed E-state index contributed by atoms with van der Waals surface area (Å²) in [6.45, 7) is 13.9. The summed E-state index contributed by atoms with van der Waals surface area (Å²) in [6, 6.07) is 0. The zero-order valence-electron chi connectivity index (χ0n) is 39.5. The Balaban J connectivity index is 1.06. The molecule has 5 aliphatic carbocycles. The van der Waals surface area contributed by atoms with E-state index in [9.17, 15) is 61.0 Å². The molecule has 23 atom stereocenters. The van der Waals surface area contributed by atoms with Gasteiger partial charge in [-0.15, -0.1) is 0 Å². The molecule has 66 heavy (non-hydrogen) atoms. The van der Waals surface area contributed by atoms with Crippen LogP contribution in [-0.4, -0.2) is 180 Å². The predicted octanol–water partition coefficient (Wildman–Crippen LogP) is 0.706. The highest BCUT2D eigenvalue weighted by molar-refractivity contribution is 5.76. The minimum absolute atomic E-state index is 0.00164.